The third kappa shape index (κ3) is 6.66. The van der Waals surface area contributed by atoms with Gasteiger partial charge in [0.1, 0.15) is 23.0 Å². The lowest BCUT2D eigenvalue weighted by molar-refractivity contribution is -0.138. The number of halogens is 1. The van der Waals surface area contributed by atoms with Gasteiger partial charge in [-0.1, -0.05) is 82.3 Å². The number of ether oxygens (including phenoxy) is 3. The minimum atomic E-state index is -0.623. The van der Waals surface area contributed by atoms with Crippen molar-refractivity contribution in [3.63, 3.8) is 0 Å². The third-order valence-electron chi connectivity index (χ3n) is 6.21. The summed E-state index contributed by atoms with van der Waals surface area (Å²) in [6.45, 7) is 4.64. The summed E-state index contributed by atoms with van der Waals surface area (Å²) in [7, 11) is 0. The Kier molecular flexibility index (Phi) is 9.11. The molecule has 8 heteroatoms. The number of thioether (sulfide) groups is 1. The maximum absolute atomic E-state index is 12.8. The number of carbonyl (C=O) groups excluding carboxylic acids is 1. The summed E-state index contributed by atoms with van der Waals surface area (Å²) >= 11 is 4.85. The van der Waals surface area contributed by atoms with Crippen LogP contribution in [0.2, 0.25) is 0 Å². The molecule has 0 bridgehead atoms. The van der Waals surface area contributed by atoms with Crippen LogP contribution < -0.4 is 9.47 Å². The Bertz CT molecular complexity index is 1680. The van der Waals surface area contributed by atoms with Gasteiger partial charge in [-0.15, -0.1) is 0 Å². The molecule has 6 nitrogen and oxygen atoms in total. The molecule has 0 saturated heterocycles. The second-order valence-corrected chi connectivity index (χ2v) is 10.9. The molecule has 0 spiro atoms. The molecular formula is C33H28BrNO5S. The number of hydrogen-bond acceptors (Lipinski definition) is 7. The molecule has 208 valence electrons. The van der Waals surface area contributed by atoms with E-state index in [0.29, 0.717) is 40.3 Å². The van der Waals surface area contributed by atoms with Gasteiger partial charge in [0.05, 0.1) is 23.8 Å². The quantitative estimate of drug-likeness (QED) is 0.186. The lowest BCUT2D eigenvalue weighted by Gasteiger charge is -2.14. The van der Waals surface area contributed by atoms with E-state index in [-0.39, 0.29) is 17.9 Å². The van der Waals surface area contributed by atoms with Crippen molar-refractivity contribution < 1.29 is 24.1 Å². The number of esters is 1. The van der Waals surface area contributed by atoms with Crippen molar-refractivity contribution in [2.75, 3.05) is 13.2 Å². The molecule has 0 amide bonds. The van der Waals surface area contributed by atoms with E-state index in [1.54, 1.807) is 13.0 Å². The number of hydrogen-bond donors (Lipinski definition) is 1. The minimum Gasteiger partial charge on any atom is -0.506 e. The van der Waals surface area contributed by atoms with E-state index in [2.05, 4.69) is 51.3 Å². The van der Waals surface area contributed by atoms with Crippen LogP contribution in [0.25, 0.3) is 16.8 Å². The van der Waals surface area contributed by atoms with Crippen molar-refractivity contribution in [1.82, 2.24) is 0 Å². The molecule has 0 fully saturated rings. The van der Waals surface area contributed by atoms with E-state index in [1.165, 1.54) is 17.1 Å². The van der Waals surface area contributed by atoms with Gasteiger partial charge in [0, 0.05) is 4.47 Å². The highest BCUT2D eigenvalue weighted by Crippen LogP contribution is 2.42. The predicted octanol–water partition coefficient (Wildman–Crippen LogP) is 8.77. The number of nitrogens with zero attached hydrogens (tertiary/aromatic N) is 1. The van der Waals surface area contributed by atoms with Crippen molar-refractivity contribution in [3.05, 3.63) is 117 Å². The number of aliphatic hydroxyl groups is 1. The first-order chi connectivity index (χ1) is 20.0. The molecule has 1 heterocycles. The molecule has 1 aliphatic rings. The number of aliphatic imine (C=N–C) groups is 1. The Morgan fingerprint density at radius 3 is 2.39 bits per heavy atom. The van der Waals surface area contributed by atoms with Gasteiger partial charge in [0.25, 0.3) is 0 Å². The highest BCUT2D eigenvalue weighted by Gasteiger charge is 2.33. The van der Waals surface area contributed by atoms with Crippen LogP contribution in [-0.4, -0.2) is 29.3 Å². The standard InChI is InChI=1S/C33H28BrNO5S/c1-3-38-27-17-24(26(34)19-28(27)40-20-21-14-15-22-10-8-9-11-23(22)16-21)18-29-31(36)30(33(37)39-4-2)32(41-29)35-25-12-6-5-7-13-25/h5-19,36H,3-4,20H2,1-2H3/b29-18-,35-32?. The van der Waals surface area contributed by atoms with Gasteiger partial charge < -0.3 is 19.3 Å². The first-order valence-corrected chi connectivity index (χ1v) is 14.8. The van der Waals surface area contributed by atoms with Crippen LogP contribution in [0, 0.1) is 0 Å². The van der Waals surface area contributed by atoms with Crippen LogP contribution in [0.15, 0.2) is 111 Å². The SMILES string of the molecule is CCOC(=O)C1=C(O)/C(=C/c2cc(OCC)c(OCc3ccc4ccccc4c3)cc2Br)SC1=Nc1ccccc1. The summed E-state index contributed by atoms with van der Waals surface area (Å²) in [5.74, 6) is 0.358. The Hall–Kier alpha value is -4.01. The number of rotatable bonds is 9. The van der Waals surface area contributed by atoms with Crippen LogP contribution in [0.5, 0.6) is 11.5 Å². The minimum absolute atomic E-state index is 0.0449. The molecule has 0 saturated carbocycles. The Morgan fingerprint density at radius 2 is 1.63 bits per heavy atom. The molecule has 0 aromatic heterocycles. The van der Waals surface area contributed by atoms with Gasteiger partial charge in [0.2, 0.25) is 0 Å². The molecule has 5 rings (SSSR count). The largest absolute Gasteiger partial charge is 0.506 e. The van der Waals surface area contributed by atoms with Crippen molar-refractivity contribution in [2.24, 2.45) is 4.99 Å². The zero-order valence-electron chi connectivity index (χ0n) is 22.6. The van der Waals surface area contributed by atoms with E-state index >= 15 is 0 Å². The zero-order chi connectivity index (χ0) is 28.8. The number of benzene rings is 4. The summed E-state index contributed by atoms with van der Waals surface area (Å²) < 4.78 is 18.1. The Labute approximate surface area is 251 Å². The second-order valence-electron chi connectivity index (χ2n) is 9.03. The fraction of sp³-hybridized carbons (Fsp3) is 0.152. The van der Waals surface area contributed by atoms with Crippen molar-refractivity contribution in [3.8, 4) is 11.5 Å². The highest BCUT2D eigenvalue weighted by molar-refractivity contribution is 9.10. The van der Waals surface area contributed by atoms with E-state index < -0.39 is 5.97 Å². The topological polar surface area (TPSA) is 77.4 Å². The van der Waals surface area contributed by atoms with Gasteiger partial charge in [-0.3, -0.25) is 0 Å². The molecule has 41 heavy (non-hydrogen) atoms. The lowest BCUT2D eigenvalue weighted by atomic mass is 10.1. The van der Waals surface area contributed by atoms with Crippen LogP contribution in [-0.2, 0) is 16.1 Å². The van der Waals surface area contributed by atoms with Crippen LogP contribution in [0.1, 0.15) is 25.0 Å². The molecule has 4 aromatic carbocycles. The van der Waals surface area contributed by atoms with Gasteiger partial charge in [-0.25, -0.2) is 9.79 Å². The van der Waals surface area contributed by atoms with Gasteiger partial charge in [-0.05, 0) is 72.2 Å². The maximum Gasteiger partial charge on any atom is 0.344 e. The first-order valence-electron chi connectivity index (χ1n) is 13.2. The zero-order valence-corrected chi connectivity index (χ0v) is 25.0. The molecule has 0 radical (unpaired) electrons. The normalized spacial score (nSPS) is 15.1. The van der Waals surface area contributed by atoms with Gasteiger partial charge >= 0.3 is 5.97 Å². The number of para-hydroxylation sites is 1. The maximum atomic E-state index is 12.8. The molecule has 1 N–H and O–H groups in total. The third-order valence-corrected chi connectivity index (χ3v) is 7.92. The van der Waals surface area contributed by atoms with E-state index in [1.807, 2.05) is 61.5 Å². The molecule has 1 aliphatic heterocycles. The van der Waals surface area contributed by atoms with Gasteiger partial charge in [-0.2, -0.15) is 0 Å². The van der Waals surface area contributed by atoms with E-state index in [4.69, 9.17) is 14.2 Å². The highest BCUT2D eigenvalue weighted by atomic mass is 79.9. The molecule has 0 aliphatic carbocycles. The monoisotopic (exact) mass is 629 g/mol. The van der Waals surface area contributed by atoms with E-state index in [0.717, 1.165) is 21.0 Å². The van der Waals surface area contributed by atoms with Crippen LogP contribution in [0.4, 0.5) is 5.69 Å². The summed E-state index contributed by atoms with van der Waals surface area (Å²) in [5, 5.41) is 13.8. The summed E-state index contributed by atoms with van der Waals surface area (Å²) in [5.41, 5.74) is 2.49. The van der Waals surface area contributed by atoms with E-state index in [9.17, 15) is 9.90 Å². The number of fused-ring (bicyclic) bond motifs is 1. The lowest BCUT2D eigenvalue weighted by Crippen LogP contribution is -2.12. The van der Waals surface area contributed by atoms with Crippen molar-refractivity contribution >= 4 is 61.2 Å². The average Bonchev–Trinajstić information content (AvgIpc) is 3.28. The van der Waals surface area contributed by atoms with Crippen molar-refractivity contribution in [2.45, 2.75) is 20.5 Å². The predicted molar refractivity (Wildman–Crippen MR) is 169 cm³/mol. The molecule has 4 aromatic rings. The molecular weight excluding hydrogens is 602 g/mol. The Balaban J connectivity index is 1.45. The molecule has 0 atom stereocenters. The summed E-state index contributed by atoms with van der Waals surface area (Å²) in [6.07, 6.45) is 1.78. The van der Waals surface area contributed by atoms with Crippen LogP contribution in [0.3, 0.4) is 0 Å². The average molecular weight is 631 g/mol. The van der Waals surface area contributed by atoms with Gasteiger partial charge in [0.15, 0.2) is 11.5 Å². The smallest absolute Gasteiger partial charge is 0.344 e. The molecule has 0 unspecified atom stereocenters. The number of aliphatic hydroxyl groups excluding tert-OH is 1. The number of carbonyl (C=O) groups is 1. The second kappa shape index (κ2) is 13.1. The Morgan fingerprint density at radius 1 is 0.902 bits per heavy atom. The fourth-order valence-corrected chi connectivity index (χ4v) is 5.75. The fourth-order valence-electron chi connectivity index (χ4n) is 4.29. The van der Waals surface area contributed by atoms with Crippen molar-refractivity contribution in [1.29, 1.82) is 0 Å². The summed E-state index contributed by atoms with van der Waals surface area (Å²) in [4.78, 5) is 17.8. The first kappa shape index (κ1) is 28.5. The van der Waals surface area contributed by atoms with Crippen LogP contribution >= 0.6 is 27.7 Å². The summed E-state index contributed by atoms with van der Waals surface area (Å²) in [6, 6.07) is 27.4.